The van der Waals surface area contributed by atoms with Gasteiger partial charge in [-0.3, -0.25) is 4.79 Å². The molecule has 0 radical (unpaired) electrons. The third kappa shape index (κ3) is 1.94. The van der Waals surface area contributed by atoms with Gasteiger partial charge in [-0.1, -0.05) is 25.7 Å². The van der Waals surface area contributed by atoms with Crippen LogP contribution in [0.4, 0.5) is 0 Å². The van der Waals surface area contributed by atoms with Crippen molar-refractivity contribution in [1.82, 2.24) is 5.32 Å². The number of rotatable bonds is 1. The highest BCUT2D eigenvalue weighted by Gasteiger charge is 2.39. The van der Waals surface area contributed by atoms with Gasteiger partial charge in [-0.2, -0.15) is 0 Å². The van der Waals surface area contributed by atoms with Crippen LogP contribution in [0.1, 0.15) is 58.3 Å². The van der Waals surface area contributed by atoms with Crippen LogP contribution in [0.25, 0.3) is 0 Å². The predicted molar refractivity (Wildman–Crippen MR) is 57.0 cm³/mol. The highest BCUT2D eigenvalue weighted by molar-refractivity contribution is 5.79. The average Bonchev–Trinajstić information content (AvgIpc) is 2.45. The Kier molecular flexibility index (Phi) is 2.80. The van der Waals surface area contributed by atoms with E-state index in [1.165, 1.54) is 38.5 Å². The molecular weight excluding hydrogens is 174 g/mol. The van der Waals surface area contributed by atoms with E-state index in [1.54, 1.807) is 0 Å². The third-order valence-electron chi connectivity index (χ3n) is 4.05. The zero-order chi connectivity index (χ0) is 10.0. The minimum absolute atomic E-state index is 0.126. The van der Waals surface area contributed by atoms with Gasteiger partial charge in [0.1, 0.15) is 0 Å². The molecule has 0 bridgehead atoms. The number of amides is 1. The third-order valence-corrected chi connectivity index (χ3v) is 4.05. The van der Waals surface area contributed by atoms with Crippen molar-refractivity contribution in [2.75, 3.05) is 0 Å². The van der Waals surface area contributed by atoms with E-state index in [0.717, 1.165) is 18.8 Å². The molecule has 0 aromatic carbocycles. The molecule has 80 valence electrons. The lowest BCUT2D eigenvalue weighted by Crippen LogP contribution is -2.45. The molecule has 2 fully saturated rings. The van der Waals surface area contributed by atoms with E-state index in [2.05, 4.69) is 12.2 Å². The fourth-order valence-electron chi connectivity index (χ4n) is 3.04. The van der Waals surface area contributed by atoms with Gasteiger partial charge in [0.05, 0.1) is 0 Å². The van der Waals surface area contributed by atoms with Gasteiger partial charge in [0.15, 0.2) is 0 Å². The highest BCUT2D eigenvalue weighted by Crippen LogP contribution is 2.36. The predicted octanol–water partition coefficient (Wildman–Crippen LogP) is 2.63. The van der Waals surface area contributed by atoms with Crippen LogP contribution < -0.4 is 5.32 Å². The SMILES string of the molecule is CC1(C2CCCCCC2)CCC(=O)N1. The van der Waals surface area contributed by atoms with Gasteiger partial charge in [0, 0.05) is 12.0 Å². The molecule has 1 unspecified atom stereocenters. The second-order valence-electron chi connectivity index (χ2n) is 5.15. The molecule has 0 aromatic rings. The molecule has 1 aliphatic carbocycles. The maximum absolute atomic E-state index is 11.3. The van der Waals surface area contributed by atoms with Gasteiger partial charge in [-0.25, -0.2) is 0 Å². The summed E-state index contributed by atoms with van der Waals surface area (Å²) in [6.45, 7) is 2.24. The average molecular weight is 195 g/mol. The smallest absolute Gasteiger partial charge is 0.220 e. The number of carbonyl (C=O) groups excluding carboxylic acids is 1. The number of nitrogens with one attached hydrogen (secondary N) is 1. The lowest BCUT2D eigenvalue weighted by molar-refractivity contribution is -0.120. The lowest BCUT2D eigenvalue weighted by atomic mass is 9.79. The van der Waals surface area contributed by atoms with Crippen LogP contribution >= 0.6 is 0 Å². The van der Waals surface area contributed by atoms with Gasteiger partial charge in [-0.05, 0) is 32.1 Å². The van der Waals surface area contributed by atoms with Crippen molar-refractivity contribution in [2.45, 2.75) is 63.8 Å². The van der Waals surface area contributed by atoms with Crippen molar-refractivity contribution in [3.63, 3.8) is 0 Å². The van der Waals surface area contributed by atoms with Crippen molar-refractivity contribution < 1.29 is 4.79 Å². The summed E-state index contributed by atoms with van der Waals surface area (Å²) in [5, 5.41) is 3.19. The summed E-state index contributed by atoms with van der Waals surface area (Å²) in [6.07, 6.45) is 9.92. The Hall–Kier alpha value is -0.530. The van der Waals surface area contributed by atoms with Crippen molar-refractivity contribution in [2.24, 2.45) is 5.92 Å². The van der Waals surface area contributed by atoms with Crippen LogP contribution in [0, 0.1) is 5.92 Å². The molecule has 2 heteroatoms. The monoisotopic (exact) mass is 195 g/mol. The van der Waals surface area contributed by atoms with Crippen molar-refractivity contribution in [3.05, 3.63) is 0 Å². The molecule has 1 amide bonds. The first-order chi connectivity index (χ1) is 6.71. The Labute approximate surface area is 86.5 Å². The number of hydrogen-bond donors (Lipinski definition) is 1. The van der Waals surface area contributed by atoms with E-state index >= 15 is 0 Å². The molecule has 0 aromatic heterocycles. The summed E-state index contributed by atoms with van der Waals surface area (Å²) in [5.41, 5.74) is 0.126. The van der Waals surface area contributed by atoms with Crippen LogP contribution in [0.15, 0.2) is 0 Å². The van der Waals surface area contributed by atoms with Crippen LogP contribution in [0.2, 0.25) is 0 Å². The van der Waals surface area contributed by atoms with Crippen LogP contribution in [-0.2, 0) is 4.79 Å². The van der Waals surface area contributed by atoms with Crippen LogP contribution in [0.3, 0.4) is 0 Å². The molecule has 14 heavy (non-hydrogen) atoms. The molecule has 2 aliphatic rings. The van der Waals surface area contributed by atoms with Crippen LogP contribution in [0.5, 0.6) is 0 Å². The molecular formula is C12H21NO. The molecule has 1 N–H and O–H groups in total. The Morgan fingerprint density at radius 2 is 1.86 bits per heavy atom. The van der Waals surface area contributed by atoms with Crippen molar-refractivity contribution >= 4 is 5.91 Å². The summed E-state index contributed by atoms with van der Waals surface area (Å²) in [5.74, 6) is 0.994. The fourth-order valence-corrected chi connectivity index (χ4v) is 3.04. The quantitative estimate of drug-likeness (QED) is 0.640. The Morgan fingerprint density at radius 3 is 2.36 bits per heavy atom. The molecule has 1 aliphatic heterocycles. The van der Waals surface area contributed by atoms with Gasteiger partial charge in [-0.15, -0.1) is 0 Å². The Morgan fingerprint density at radius 1 is 1.21 bits per heavy atom. The summed E-state index contributed by atoms with van der Waals surface area (Å²) >= 11 is 0. The van der Waals surface area contributed by atoms with Crippen LogP contribution in [-0.4, -0.2) is 11.4 Å². The van der Waals surface area contributed by atoms with Crippen molar-refractivity contribution in [1.29, 1.82) is 0 Å². The van der Waals surface area contributed by atoms with Gasteiger partial charge < -0.3 is 5.32 Å². The molecule has 2 rings (SSSR count). The molecule has 2 nitrogen and oxygen atoms in total. The molecule has 1 saturated carbocycles. The van der Waals surface area contributed by atoms with E-state index < -0.39 is 0 Å². The first-order valence-electron chi connectivity index (χ1n) is 6.02. The normalized spacial score (nSPS) is 35.4. The van der Waals surface area contributed by atoms with E-state index in [9.17, 15) is 4.79 Å². The van der Waals surface area contributed by atoms with E-state index in [0.29, 0.717) is 0 Å². The zero-order valence-electron chi connectivity index (χ0n) is 9.14. The van der Waals surface area contributed by atoms with Gasteiger partial charge >= 0.3 is 0 Å². The largest absolute Gasteiger partial charge is 0.351 e. The highest BCUT2D eigenvalue weighted by atomic mass is 16.2. The Balaban J connectivity index is 2.01. The molecule has 1 saturated heterocycles. The minimum atomic E-state index is 0.126. The first kappa shape index (κ1) is 10.0. The van der Waals surface area contributed by atoms with E-state index in [1.807, 2.05) is 0 Å². The van der Waals surface area contributed by atoms with Gasteiger partial charge in [0.25, 0.3) is 0 Å². The molecule has 0 spiro atoms. The first-order valence-corrected chi connectivity index (χ1v) is 6.02. The lowest BCUT2D eigenvalue weighted by Gasteiger charge is -2.33. The zero-order valence-corrected chi connectivity index (χ0v) is 9.14. The maximum Gasteiger partial charge on any atom is 0.220 e. The molecule has 1 heterocycles. The van der Waals surface area contributed by atoms with E-state index in [-0.39, 0.29) is 11.4 Å². The Bertz CT molecular complexity index is 218. The minimum Gasteiger partial charge on any atom is -0.351 e. The number of hydrogen-bond acceptors (Lipinski definition) is 1. The second kappa shape index (κ2) is 3.92. The molecule has 1 atom stereocenters. The summed E-state index contributed by atoms with van der Waals surface area (Å²) < 4.78 is 0. The van der Waals surface area contributed by atoms with E-state index in [4.69, 9.17) is 0 Å². The number of carbonyl (C=O) groups is 1. The van der Waals surface area contributed by atoms with Crippen molar-refractivity contribution in [3.8, 4) is 0 Å². The summed E-state index contributed by atoms with van der Waals surface area (Å²) in [6, 6.07) is 0. The fraction of sp³-hybridized carbons (Fsp3) is 0.917. The summed E-state index contributed by atoms with van der Waals surface area (Å²) in [7, 11) is 0. The summed E-state index contributed by atoms with van der Waals surface area (Å²) in [4.78, 5) is 11.3. The van der Waals surface area contributed by atoms with Gasteiger partial charge in [0.2, 0.25) is 5.91 Å². The second-order valence-corrected chi connectivity index (χ2v) is 5.15. The standard InChI is InChI=1S/C12H21NO/c1-12(9-8-11(14)13-12)10-6-4-2-3-5-7-10/h10H,2-9H2,1H3,(H,13,14). The topological polar surface area (TPSA) is 29.1 Å². The maximum atomic E-state index is 11.3.